The minimum atomic E-state index is -0.273. The number of aromatic amines is 1. The molecule has 3 rings (SSSR count). The van der Waals surface area contributed by atoms with Crippen LogP contribution in [-0.2, 0) is 11.3 Å². The zero-order valence-corrected chi connectivity index (χ0v) is 16.2. The number of halogens is 1. The van der Waals surface area contributed by atoms with Gasteiger partial charge in [0.2, 0.25) is 5.91 Å². The number of nitrogens with zero attached hydrogens (tertiary/aromatic N) is 2. The number of rotatable bonds is 7. The molecule has 3 aromatic rings. The third-order valence-corrected chi connectivity index (χ3v) is 5.05. The van der Waals surface area contributed by atoms with Crippen molar-refractivity contribution in [3.8, 4) is 11.3 Å². The van der Waals surface area contributed by atoms with Crippen molar-refractivity contribution in [3.63, 3.8) is 0 Å². The Morgan fingerprint density at radius 3 is 2.52 bits per heavy atom. The molecule has 4 nitrogen and oxygen atoms in total. The van der Waals surface area contributed by atoms with Gasteiger partial charge in [0.1, 0.15) is 5.82 Å². The summed E-state index contributed by atoms with van der Waals surface area (Å²) in [6, 6.07) is 16.3. The Kier molecular flexibility index (Phi) is 6.29. The van der Waals surface area contributed by atoms with Gasteiger partial charge in [-0.1, -0.05) is 42.1 Å². The van der Waals surface area contributed by atoms with E-state index in [-0.39, 0.29) is 17.8 Å². The number of hydrogen-bond acceptors (Lipinski definition) is 3. The summed E-state index contributed by atoms with van der Waals surface area (Å²) in [6.45, 7) is 4.63. The number of imidazole rings is 1. The number of carbonyl (C=O) groups excluding carboxylic acids is 1. The number of H-pyrrole nitrogens is 1. The molecule has 1 aromatic heterocycles. The lowest BCUT2D eigenvalue weighted by atomic mass is 10.2. The summed E-state index contributed by atoms with van der Waals surface area (Å²) in [5.41, 5.74) is 2.77. The average molecular weight is 383 g/mol. The number of amides is 1. The zero-order chi connectivity index (χ0) is 19.2. The Labute approximate surface area is 162 Å². The maximum absolute atomic E-state index is 13.0. The molecule has 27 heavy (non-hydrogen) atoms. The van der Waals surface area contributed by atoms with E-state index in [1.165, 1.54) is 23.9 Å². The van der Waals surface area contributed by atoms with E-state index in [0.717, 1.165) is 16.8 Å². The Bertz CT molecular complexity index is 878. The number of thioether (sulfide) groups is 1. The molecule has 6 heteroatoms. The summed E-state index contributed by atoms with van der Waals surface area (Å²) in [6.07, 6.45) is 1.70. The van der Waals surface area contributed by atoms with Gasteiger partial charge in [-0.25, -0.2) is 9.37 Å². The highest BCUT2D eigenvalue weighted by molar-refractivity contribution is 7.99. The van der Waals surface area contributed by atoms with Gasteiger partial charge in [0.15, 0.2) is 5.16 Å². The largest absolute Gasteiger partial charge is 0.335 e. The number of nitrogens with one attached hydrogen (secondary N) is 1. The number of aromatic nitrogens is 2. The van der Waals surface area contributed by atoms with Gasteiger partial charge in [-0.15, -0.1) is 0 Å². The zero-order valence-electron chi connectivity index (χ0n) is 15.4. The Morgan fingerprint density at radius 1 is 1.15 bits per heavy atom. The quantitative estimate of drug-likeness (QED) is 0.599. The van der Waals surface area contributed by atoms with E-state index >= 15 is 0 Å². The lowest BCUT2D eigenvalue weighted by Gasteiger charge is -2.26. The van der Waals surface area contributed by atoms with Gasteiger partial charge in [0.25, 0.3) is 0 Å². The van der Waals surface area contributed by atoms with Gasteiger partial charge in [-0.3, -0.25) is 4.79 Å². The second-order valence-electron chi connectivity index (χ2n) is 6.50. The molecule has 0 bridgehead atoms. The number of carbonyl (C=O) groups is 1. The van der Waals surface area contributed by atoms with Gasteiger partial charge in [0, 0.05) is 12.6 Å². The highest BCUT2D eigenvalue weighted by Gasteiger charge is 2.18. The molecule has 0 atom stereocenters. The van der Waals surface area contributed by atoms with Crippen molar-refractivity contribution in [1.29, 1.82) is 0 Å². The molecule has 0 spiro atoms. The molecule has 0 saturated carbocycles. The first-order valence-electron chi connectivity index (χ1n) is 8.80. The lowest BCUT2D eigenvalue weighted by Crippen LogP contribution is -2.37. The summed E-state index contributed by atoms with van der Waals surface area (Å²) >= 11 is 1.37. The highest BCUT2D eigenvalue weighted by Crippen LogP contribution is 2.22. The van der Waals surface area contributed by atoms with Crippen LogP contribution in [0.25, 0.3) is 11.3 Å². The summed E-state index contributed by atoms with van der Waals surface area (Å²) in [5, 5.41) is 0.672. The number of benzene rings is 2. The standard InChI is InChI=1S/C21H22FN3OS/c1-15(2)25(13-16-6-4-3-5-7-16)20(26)14-27-21-23-12-19(24-21)17-8-10-18(22)11-9-17/h3-12,15H,13-14H2,1-2H3,(H,23,24). The summed E-state index contributed by atoms with van der Waals surface area (Å²) in [7, 11) is 0. The molecule has 0 saturated heterocycles. The fourth-order valence-electron chi connectivity index (χ4n) is 2.70. The van der Waals surface area contributed by atoms with Gasteiger partial charge < -0.3 is 9.88 Å². The Balaban J connectivity index is 1.61. The second kappa shape index (κ2) is 8.86. The molecule has 1 N–H and O–H groups in total. The Hall–Kier alpha value is -2.60. The maximum Gasteiger partial charge on any atom is 0.233 e. The minimum Gasteiger partial charge on any atom is -0.335 e. The molecule has 0 aliphatic rings. The molecule has 0 aliphatic carbocycles. The maximum atomic E-state index is 13.0. The Morgan fingerprint density at radius 2 is 1.85 bits per heavy atom. The van der Waals surface area contributed by atoms with Crippen LogP contribution in [0.3, 0.4) is 0 Å². The van der Waals surface area contributed by atoms with Crippen LogP contribution in [-0.4, -0.2) is 32.6 Å². The van der Waals surface area contributed by atoms with Crippen molar-refractivity contribution in [1.82, 2.24) is 14.9 Å². The third kappa shape index (κ3) is 5.20. The van der Waals surface area contributed by atoms with Crippen LogP contribution < -0.4 is 0 Å². The van der Waals surface area contributed by atoms with Crippen LogP contribution in [0.4, 0.5) is 4.39 Å². The molecule has 140 valence electrons. The molecule has 1 heterocycles. The predicted molar refractivity (Wildman–Crippen MR) is 107 cm³/mol. The number of hydrogen-bond donors (Lipinski definition) is 1. The van der Waals surface area contributed by atoms with Crippen molar-refractivity contribution >= 4 is 17.7 Å². The van der Waals surface area contributed by atoms with Crippen LogP contribution in [0.2, 0.25) is 0 Å². The first-order chi connectivity index (χ1) is 13.0. The normalized spacial score (nSPS) is 11.0. The predicted octanol–water partition coefficient (Wildman–Crippen LogP) is 4.75. The average Bonchev–Trinajstić information content (AvgIpc) is 3.14. The second-order valence-corrected chi connectivity index (χ2v) is 7.46. The SMILES string of the molecule is CC(C)N(Cc1ccccc1)C(=O)CSc1ncc(-c2ccc(F)cc2)[nH]1. The fourth-order valence-corrected chi connectivity index (χ4v) is 3.44. The highest BCUT2D eigenvalue weighted by atomic mass is 32.2. The van der Waals surface area contributed by atoms with E-state index in [2.05, 4.69) is 9.97 Å². The molecule has 1 amide bonds. The van der Waals surface area contributed by atoms with Crippen molar-refractivity contribution < 1.29 is 9.18 Å². The van der Waals surface area contributed by atoms with E-state index in [1.54, 1.807) is 18.3 Å². The molecule has 0 radical (unpaired) electrons. The van der Waals surface area contributed by atoms with Crippen molar-refractivity contribution in [2.75, 3.05) is 5.75 Å². The first kappa shape index (κ1) is 19.2. The first-order valence-corrected chi connectivity index (χ1v) is 9.78. The summed E-state index contributed by atoms with van der Waals surface area (Å²) < 4.78 is 13.0. The molecule has 2 aromatic carbocycles. The van der Waals surface area contributed by atoms with Crippen LogP contribution in [0.1, 0.15) is 19.4 Å². The van der Waals surface area contributed by atoms with E-state index in [9.17, 15) is 9.18 Å². The van der Waals surface area contributed by atoms with E-state index in [1.807, 2.05) is 49.1 Å². The lowest BCUT2D eigenvalue weighted by molar-refractivity contribution is -0.130. The van der Waals surface area contributed by atoms with E-state index in [0.29, 0.717) is 17.5 Å². The molecule has 0 unspecified atom stereocenters. The van der Waals surface area contributed by atoms with Crippen LogP contribution >= 0.6 is 11.8 Å². The van der Waals surface area contributed by atoms with Gasteiger partial charge >= 0.3 is 0 Å². The summed E-state index contributed by atoms with van der Waals surface area (Å²) in [5.74, 6) is 0.103. The smallest absolute Gasteiger partial charge is 0.233 e. The molecule has 0 fully saturated rings. The van der Waals surface area contributed by atoms with E-state index in [4.69, 9.17) is 0 Å². The van der Waals surface area contributed by atoms with Gasteiger partial charge in [-0.2, -0.15) is 0 Å². The molecule has 0 aliphatic heterocycles. The summed E-state index contributed by atoms with van der Waals surface area (Å²) in [4.78, 5) is 22.1. The van der Waals surface area contributed by atoms with Crippen LogP contribution in [0, 0.1) is 5.82 Å². The molecular weight excluding hydrogens is 361 g/mol. The van der Waals surface area contributed by atoms with Crippen LogP contribution in [0.15, 0.2) is 66.0 Å². The minimum absolute atomic E-state index is 0.0681. The van der Waals surface area contributed by atoms with Gasteiger partial charge in [-0.05, 0) is 49.2 Å². The van der Waals surface area contributed by atoms with Crippen molar-refractivity contribution in [2.45, 2.75) is 31.6 Å². The topological polar surface area (TPSA) is 49.0 Å². The molecular formula is C21H22FN3OS. The van der Waals surface area contributed by atoms with Crippen LogP contribution in [0.5, 0.6) is 0 Å². The van der Waals surface area contributed by atoms with Gasteiger partial charge in [0.05, 0.1) is 17.6 Å². The van der Waals surface area contributed by atoms with E-state index < -0.39 is 0 Å². The third-order valence-electron chi connectivity index (χ3n) is 4.18. The fraction of sp³-hybridized carbons (Fsp3) is 0.238. The van der Waals surface area contributed by atoms with Crippen molar-refractivity contribution in [2.24, 2.45) is 0 Å². The monoisotopic (exact) mass is 383 g/mol. The van der Waals surface area contributed by atoms with Crippen molar-refractivity contribution in [3.05, 3.63) is 72.2 Å².